The van der Waals surface area contributed by atoms with Gasteiger partial charge in [0.05, 0.1) is 78.5 Å². The number of carbonyl (C=O) groups is 7. The molecule has 117 heavy (non-hydrogen) atoms. The van der Waals surface area contributed by atoms with E-state index in [4.69, 9.17) is 25.2 Å². The number of halogens is 3. The Morgan fingerprint density at radius 3 is 1.22 bits per heavy atom. The van der Waals surface area contributed by atoms with Crippen LogP contribution in [0.1, 0.15) is 146 Å². The maximum absolute atomic E-state index is 14.0. The van der Waals surface area contributed by atoms with E-state index in [1.165, 1.54) is 65.1 Å². The lowest BCUT2D eigenvalue weighted by molar-refractivity contribution is -0.126. The van der Waals surface area contributed by atoms with Crippen molar-refractivity contribution in [3.05, 3.63) is 194 Å². The molecular formula is C88H108F3N13O13. The summed E-state index contributed by atoms with van der Waals surface area (Å²) < 4.78 is 57.9. The Balaban J connectivity index is 0.000000157. The number of β-amino-alcohol motifs (C(OH)–C–C–N with tert-alkyl or cyclic N) is 3. The number of rotatable bonds is 16. The van der Waals surface area contributed by atoms with Gasteiger partial charge in [-0.1, -0.05) is 36.4 Å². The number of aliphatic hydroxyl groups is 3. The number of methoxy groups -OCH3 is 3. The summed E-state index contributed by atoms with van der Waals surface area (Å²) in [5.74, 6) is 3.55. The Morgan fingerprint density at radius 2 is 0.846 bits per heavy atom. The van der Waals surface area contributed by atoms with E-state index in [1.807, 2.05) is 67.8 Å². The number of aryl methyl sites for hydroxylation is 2. The van der Waals surface area contributed by atoms with Crippen molar-refractivity contribution in [3.63, 3.8) is 0 Å². The molecule has 6 aromatic carbocycles. The van der Waals surface area contributed by atoms with E-state index < -0.39 is 35.6 Å². The van der Waals surface area contributed by atoms with E-state index in [2.05, 4.69) is 50.8 Å². The molecule has 0 spiro atoms. The molecule has 9 heterocycles. The van der Waals surface area contributed by atoms with Crippen molar-refractivity contribution in [2.45, 2.75) is 156 Å². The van der Waals surface area contributed by atoms with Crippen molar-refractivity contribution in [2.75, 3.05) is 106 Å². The maximum Gasteiger partial charge on any atom is 0.295 e. The Labute approximate surface area is 679 Å². The van der Waals surface area contributed by atoms with Gasteiger partial charge >= 0.3 is 0 Å². The monoisotopic (exact) mass is 1610 g/mol. The molecule has 6 fully saturated rings. The summed E-state index contributed by atoms with van der Waals surface area (Å²) in [5.41, 5.74) is 8.59. The molecule has 5 amide bonds. The lowest BCUT2D eigenvalue weighted by atomic mass is 10.0. The van der Waals surface area contributed by atoms with Crippen molar-refractivity contribution < 1.29 is 76.3 Å². The molecule has 9 aromatic rings. The highest BCUT2D eigenvalue weighted by Gasteiger charge is 2.40. The minimum absolute atomic E-state index is 0.00612. The van der Waals surface area contributed by atoms with Crippen LogP contribution >= 0.6 is 0 Å². The van der Waals surface area contributed by atoms with Gasteiger partial charge in [-0.3, -0.25) is 52.9 Å². The van der Waals surface area contributed by atoms with E-state index in [9.17, 15) is 56.9 Å². The van der Waals surface area contributed by atoms with Crippen LogP contribution in [0.3, 0.4) is 0 Å². The smallest absolute Gasteiger partial charge is 0.295 e. The molecule has 0 bridgehead atoms. The minimum Gasteiger partial charge on any atom is -0.496 e. The molecule has 0 unspecified atom stereocenters. The molecule has 3 aromatic heterocycles. The number of ketones is 2. The third-order valence-corrected chi connectivity index (χ3v) is 23.4. The fourth-order valence-electron chi connectivity index (χ4n) is 16.7. The molecule has 15 rings (SSSR count). The van der Waals surface area contributed by atoms with E-state index in [-0.39, 0.29) is 107 Å². The number of hydrogen-bond acceptors (Lipinski definition) is 18. The van der Waals surface area contributed by atoms with Crippen LogP contribution in [-0.2, 0) is 29.2 Å². The van der Waals surface area contributed by atoms with E-state index in [1.54, 1.807) is 74.4 Å². The zero-order chi connectivity index (χ0) is 84.1. The molecule has 0 saturated carbocycles. The summed E-state index contributed by atoms with van der Waals surface area (Å²) in [6, 6.07) is 32.0. The normalized spacial score (nSPS) is 21.8. The number of nitrogen functional groups attached to an aromatic ring is 1. The molecule has 9 atom stereocenters. The Morgan fingerprint density at radius 1 is 0.453 bits per heavy atom. The first kappa shape index (κ1) is 85.7. The van der Waals surface area contributed by atoms with Crippen molar-refractivity contribution >= 4 is 73.8 Å². The first-order valence-electron chi connectivity index (χ1n) is 40.0. The van der Waals surface area contributed by atoms with Crippen LogP contribution in [0.5, 0.6) is 17.2 Å². The number of aromatic nitrogens is 3. The number of nitrogens with zero attached hydrogens (tertiary/aromatic N) is 9. The topological polar surface area (TPSA) is 308 Å². The summed E-state index contributed by atoms with van der Waals surface area (Å²) in [7, 11) is 4.56. The van der Waals surface area contributed by atoms with Crippen LogP contribution < -0.4 is 25.4 Å². The lowest BCUT2D eigenvalue weighted by Gasteiger charge is -2.44. The molecule has 0 radical (unpaired) electrons. The molecule has 0 aliphatic carbocycles. The standard InChI is InChI=1S/C30H36FN5O5.C30H35FN4O5.C24H28FN3O2.C4H9NO/c1-17-14-35(18(2)13-34(17)15-20-5-7-21(31)8-6-20)29(39)24-11-23-25(12-26(24)41-4)36(32)19(3)27(23)28(38)30(40)33-10-9-22(37)16-33;1-17-14-35(18(2)13-34(17)15-20-5-7-21(31)8-6-20)29(38)24-11-23-25(12-26(24)40-4)32-19(3)27(23)28(37)30(39)33-10-9-22(36)16-33;1-15-9-19-10-21(23(30-4)11-22(19)26-15)24(29)28-13-16(2)27(12-17(28)3)14-18-5-7-20(25)8-6-18;6-4-1-2-5-3-4/h5-8,11-12,17-18,22,37H,9-10,13-16,32H2,1-4H3;5-8,11-12,17-18,22,32,36H,9-10,13-16H2,1-4H3;5-11,16-17,26H,12-14H2,1-4H3;4-6H,1-3H2/t2*17-,18+,22+;16-,17+;4-/m0001/s1. The summed E-state index contributed by atoms with van der Waals surface area (Å²) >= 11 is 0. The Bertz CT molecular complexity index is 5130. The third kappa shape index (κ3) is 19.2. The van der Waals surface area contributed by atoms with Crippen LogP contribution in [0.4, 0.5) is 13.2 Å². The van der Waals surface area contributed by atoms with Gasteiger partial charge in [-0.05, 0) is 165 Å². The summed E-state index contributed by atoms with van der Waals surface area (Å²) in [5, 5.41) is 33.2. The molecule has 6 saturated heterocycles. The highest BCUT2D eigenvalue weighted by molar-refractivity contribution is 6.46. The van der Waals surface area contributed by atoms with Crippen LogP contribution in [0.2, 0.25) is 0 Å². The van der Waals surface area contributed by atoms with Crippen LogP contribution in [0, 0.1) is 38.2 Å². The van der Waals surface area contributed by atoms with Crippen molar-refractivity contribution in [1.82, 2.24) is 59.2 Å². The molecular weight excluding hydrogens is 1500 g/mol. The van der Waals surface area contributed by atoms with Crippen LogP contribution in [-0.4, -0.2) is 265 Å². The van der Waals surface area contributed by atoms with Gasteiger partial charge in [-0.25, -0.2) is 13.2 Å². The highest BCUT2D eigenvalue weighted by Crippen LogP contribution is 2.37. The van der Waals surface area contributed by atoms with Crippen LogP contribution in [0.25, 0.3) is 32.7 Å². The highest BCUT2D eigenvalue weighted by atomic mass is 19.1. The van der Waals surface area contributed by atoms with Gasteiger partial charge in [0, 0.05) is 185 Å². The number of ether oxygens (including phenoxy) is 3. The average molecular weight is 1610 g/mol. The van der Waals surface area contributed by atoms with Crippen molar-refractivity contribution in [3.8, 4) is 17.2 Å². The molecule has 6 aliphatic heterocycles. The molecule has 29 heteroatoms. The van der Waals surface area contributed by atoms with Gasteiger partial charge in [0.15, 0.2) is 0 Å². The van der Waals surface area contributed by atoms with Gasteiger partial charge in [0.25, 0.3) is 41.1 Å². The first-order chi connectivity index (χ1) is 55.8. The van der Waals surface area contributed by atoms with Crippen molar-refractivity contribution in [1.29, 1.82) is 0 Å². The molecule has 624 valence electrons. The van der Waals surface area contributed by atoms with Crippen molar-refractivity contribution in [2.24, 2.45) is 0 Å². The average Bonchev–Trinajstić information content (AvgIpc) is 1.62. The zero-order valence-corrected chi connectivity index (χ0v) is 68.6. The number of aromatic amines is 2. The van der Waals surface area contributed by atoms with Gasteiger partial charge in [-0.2, -0.15) is 0 Å². The summed E-state index contributed by atoms with van der Waals surface area (Å²) in [4.78, 5) is 116. The van der Waals surface area contributed by atoms with Gasteiger partial charge < -0.3 is 75.2 Å². The second-order valence-corrected chi connectivity index (χ2v) is 32.0. The lowest BCUT2D eigenvalue weighted by Crippen LogP contribution is -2.57. The molecule has 26 nitrogen and oxygen atoms in total. The number of nitrogens with one attached hydrogen (secondary N) is 3. The number of fused-ring (bicyclic) bond motifs is 3. The number of hydrogen-bond donors (Lipinski definition) is 7. The molecule has 6 aliphatic rings. The fraction of sp³-hybridized carbons (Fsp3) is 0.443. The number of likely N-dealkylation sites (tertiary alicyclic amines) is 2. The molecule has 8 N–H and O–H groups in total. The number of H-pyrrole nitrogens is 2. The maximum atomic E-state index is 14.0. The zero-order valence-electron chi connectivity index (χ0n) is 68.6. The predicted molar refractivity (Wildman–Crippen MR) is 439 cm³/mol. The number of benzene rings is 6. The summed E-state index contributed by atoms with van der Waals surface area (Å²) in [6.07, 6.45) is 0.438. The van der Waals surface area contributed by atoms with Crippen LogP contribution in [0.15, 0.2) is 115 Å². The number of amides is 5. The largest absolute Gasteiger partial charge is 0.496 e. The number of nitrogens with two attached hydrogens (primary N) is 1. The Kier molecular flexibility index (Phi) is 27.0. The number of piperazine rings is 3. The second-order valence-electron chi connectivity index (χ2n) is 32.0. The van der Waals surface area contributed by atoms with Gasteiger partial charge in [0.1, 0.15) is 34.7 Å². The second kappa shape index (κ2) is 36.9. The van der Waals surface area contributed by atoms with Gasteiger partial charge in [0.2, 0.25) is 0 Å². The SMILES string of the molecule is COc1cc2[nH]c(C)c(C(=O)C(=O)N3CC[C@@H](O)C3)c2cc1C(=O)N1C[C@H](C)N(Cc2ccc(F)cc2)C[C@H]1C.COc1cc2[nH]c(C)cc2cc1C(=O)N1C[C@H](C)N(Cc2ccc(F)cc2)C[C@H]1C.COc1cc2c(cc1C(=O)N1C[C@H](C)N(Cc3ccc(F)cc3)C[C@H]1C)c(C(=O)C(=O)N1CC[C@@H](O)C1)c(C)n2N.O[C@@H]1CCNC1. The van der Waals surface area contributed by atoms with E-state index in [0.29, 0.717) is 133 Å². The first-order valence-corrected chi connectivity index (χ1v) is 40.0. The predicted octanol–water partition coefficient (Wildman–Crippen LogP) is 9.16. The number of aliphatic hydroxyl groups excluding tert-OH is 3. The fourth-order valence-corrected chi connectivity index (χ4v) is 16.7. The minimum atomic E-state index is -0.731. The van der Waals surface area contributed by atoms with Gasteiger partial charge in [-0.15, -0.1) is 0 Å². The number of carbonyl (C=O) groups excluding carboxylic acids is 7. The quantitative estimate of drug-likeness (QED) is 0.0269. The number of Topliss-reactive ketones (excluding diaryl/α,β-unsaturated/α-hetero) is 2. The third-order valence-electron chi connectivity index (χ3n) is 23.4. The van der Waals surface area contributed by atoms with E-state index >= 15 is 0 Å². The Hall–Kier alpha value is -10.7. The summed E-state index contributed by atoms with van der Waals surface area (Å²) in [6.45, 7) is 25.9. The van der Waals surface area contributed by atoms with E-state index in [0.717, 1.165) is 65.9 Å².